The van der Waals surface area contributed by atoms with Crippen LogP contribution in [0.3, 0.4) is 0 Å². The van der Waals surface area contributed by atoms with Crippen LogP contribution in [0.4, 0.5) is 0 Å². The molecule has 0 aliphatic heterocycles. The molecule has 3 nitrogen and oxygen atoms in total. The van der Waals surface area contributed by atoms with Crippen molar-refractivity contribution in [2.75, 3.05) is 6.61 Å². The molecular formula is C15H24O3. The summed E-state index contributed by atoms with van der Waals surface area (Å²) in [4.78, 5) is 0. The van der Waals surface area contributed by atoms with Gasteiger partial charge in [-0.15, -0.1) is 0 Å². The molecule has 1 aromatic carbocycles. The lowest BCUT2D eigenvalue weighted by molar-refractivity contribution is 0.0264. The van der Waals surface area contributed by atoms with Gasteiger partial charge in [0.25, 0.3) is 0 Å². The van der Waals surface area contributed by atoms with Crippen molar-refractivity contribution in [2.45, 2.75) is 52.2 Å². The van der Waals surface area contributed by atoms with Crippen LogP contribution in [-0.4, -0.2) is 29.0 Å². The average molecular weight is 252 g/mol. The number of ether oxygens (including phenoxy) is 1. The van der Waals surface area contributed by atoms with E-state index >= 15 is 0 Å². The fourth-order valence-corrected chi connectivity index (χ4v) is 1.89. The van der Waals surface area contributed by atoms with Crippen molar-refractivity contribution in [3.8, 4) is 5.75 Å². The van der Waals surface area contributed by atoms with Crippen molar-refractivity contribution in [1.29, 1.82) is 0 Å². The lowest BCUT2D eigenvalue weighted by atomic mass is 10.0. The summed E-state index contributed by atoms with van der Waals surface area (Å²) < 4.78 is 5.59. The highest BCUT2D eigenvalue weighted by Gasteiger charge is 2.12. The summed E-state index contributed by atoms with van der Waals surface area (Å²) in [7, 11) is 0. The third-order valence-corrected chi connectivity index (χ3v) is 3.10. The van der Waals surface area contributed by atoms with Crippen LogP contribution in [0.25, 0.3) is 0 Å². The molecule has 0 radical (unpaired) electrons. The minimum absolute atomic E-state index is 0.547. The van der Waals surface area contributed by atoms with Gasteiger partial charge in [0.05, 0.1) is 18.8 Å². The molecule has 0 bridgehead atoms. The van der Waals surface area contributed by atoms with Gasteiger partial charge in [0.1, 0.15) is 5.75 Å². The van der Waals surface area contributed by atoms with Crippen molar-refractivity contribution in [2.24, 2.45) is 0 Å². The maximum absolute atomic E-state index is 9.64. The van der Waals surface area contributed by atoms with Crippen LogP contribution in [0.15, 0.2) is 18.2 Å². The molecule has 18 heavy (non-hydrogen) atoms. The molecule has 0 aliphatic rings. The average Bonchev–Trinajstić information content (AvgIpc) is 2.37. The number of benzene rings is 1. The van der Waals surface area contributed by atoms with Gasteiger partial charge in [0.15, 0.2) is 0 Å². The molecule has 0 saturated carbocycles. The van der Waals surface area contributed by atoms with E-state index in [2.05, 4.69) is 19.1 Å². The molecule has 102 valence electrons. The molecule has 0 saturated heterocycles. The van der Waals surface area contributed by atoms with Crippen LogP contribution in [0, 0.1) is 0 Å². The zero-order valence-electron chi connectivity index (χ0n) is 11.5. The Labute approximate surface area is 109 Å². The van der Waals surface area contributed by atoms with E-state index in [0.717, 1.165) is 24.2 Å². The molecule has 3 heteroatoms. The number of aliphatic hydroxyl groups excluding tert-OH is 2. The molecule has 1 aromatic rings. The summed E-state index contributed by atoms with van der Waals surface area (Å²) in [5, 5.41) is 18.9. The van der Waals surface area contributed by atoms with E-state index < -0.39 is 12.2 Å². The molecule has 0 fully saturated rings. The Hall–Kier alpha value is -1.06. The van der Waals surface area contributed by atoms with E-state index in [9.17, 15) is 10.2 Å². The van der Waals surface area contributed by atoms with Crippen molar-refractivity contribution in [3.63, 3.8) is 0 Å². The largest absolute Gasteiger partial charge is 0.494 e. The Kier molecular flexibility index (Phi) is 6.16. The summed E-state index contributed by atoms with van der Waals surface area (Å²) in [6.07, 6.45) is 0.887. The van der Waals surface area contributed by atoms with Gasteiger partial charge in [-0.05, 0) is 50.3 Å². The third kappa shape index (κ3) is 4.31. The lowest BCUT2D eigenvalue weighted by Gasteiger charge is -2.16. The van der Waals surface area contributed by atoms with Crippen molar-refractivity contribution in [1.82, 2.24) is 0 Å². The van der Waals surface area contributed by atoms with Gasteiger partial charge in [-0.3, -0.25) is 0 Å². The molecule has 0 aliphatic carbocycles. The SMILES string of the molecule is CCOc1ccc(CC)cc1CCC(O)C(C)O. The smallest absolute Gasteiger partial charge is 0.122 e. The monoisotopic (exact) mass is 252 g/mol. The molecule has 1 rings (SSSR count). The molecule has 2 atom stereocenters. The van der Waals surface area contributed by atoms with Gasteiger partial charge in [-0.2, -0.15) is 0 Å². The predicted octanol–water partition coefficient (Wildman–Crippen LogP) is 2.32. The highest BCUT2D eigenvalue weighted by Crippen LogP contribution is 2.23. The van der Waals surface area contributed by atoms with Gasteiger partial charge in [0.2, 0.25) is 0 Å². The first-order valence-corrected chi connectivity index (χ1v) is 6.69. The summed E-state index contributed by atoms with van der Waals surface area (Å²) in [6, 6.07) is 6.19. The van der Waals surface area contributed by atoms with Crippen LogP contribution >= 0.6 is 0 Å². The van der Waals surface area contributed by atoms with E-state index in [1.807, 2.05) is 13.0 Å². The lowest BCUT2D eigenvalue weighted by Crippen LogP contribution is -2.23. The van der Waals surface area contributed by atoms with Gasteiger partial charge in [-0.1, -0.05) is 19.1 Å². The van der Waals surface area contributed by atoms with Crippen LogP contribution in [-0.2, 0) is 12.8 Å². The summed E-state index contributed by atoms with van der Waals surface area (Å²) in [6.45, 7) is 6.32. The second-order valence-electron chi connectivity index (χ2n) is 4.58. The second kappa shape index (κ2) is 7.39. The van der Waals surface area contributed by atoms with Gasteiger partial charge >= 0.3 is 0 Å². The highest BCUT2D eigenvalue weighted by molar-refractivity contribution is 5.37. The van der Waals surface area contributed by atoms with Crippen LogP contribution in [0.2, 0.25) is 0 Å². The van der Waals surface area contributed by atoms with E-state index in [-0.39, 0.29) is 0 Å². The third-order valence-electron chi connectivity index (χ3n) is 3.10. The minimum Gasteiger partial charge on any atom is -0.494 e. The summed E-state index contributed by atoms with van der Waals surface area (Å²) in [5.74, 6) is 0.882. The number of hydrogen-bond donors (Lipinski definition) is 2. The normalized spacial score (nSPS) is 14.3. The standard InChI is InChI=1S/C15H24O3/c1-4-12-6-9-15(18-5-2)13(10-12)7-8-14(17)11(3)16/h6,9-11,14,16-17H,4-5,7-8H2,1-3H3. The predicted molar refractivity (Wildman–Crippen MR) is 73.0 cm³/mol. The molecule has 0 heterocycles. The first-order valence-electron chi connectivity index (χ1n) is 6.69. The van der Waals surface area contributed by atoms with Gasteiger partial charge in [0, 0.05) is 0 Å². The number of hydrogen-bond acceptors (Lipinski definition) is 3. The topological polar surface area (TPSA) is 49.7 Å². The fraction of sp³-hybridized carbons (Fsp3) is 0.600. The molecule has 2 N–H and O–H groups in total. The molecule has 0 amide bonds. The van der Waals surface area contributed by atoms with Crippen LogP contribution < -0.4 is 4.74 Å². The van der Waals surface area contributed by atoms with Crippen LogP contribution in [0.1, 0.15) is 38.3 Å². The van der Waals surface area contributed by atoms with Gasteiger partial charge < -0.3 is 14.9 Å². The Bertz CT molecular complexity index is 361. The number of aliphatic hydroxyl groups is 2. The van der Waals surface area contributed by atoms with E-state index in [0.29, 0.717) is 13.0 Å². The van der Waals surface area contributed by atoms with E-state index in [1.54, 1.807) is 6.92 Å². The van der Waals surface area contributed by atoms with Crippen LogP contribution in [0.5, 0.6) is 5.75 Å². The maximum atomic E-state index is 9.64. The molecular weight excluding hydrogens is 228 g/mol. The van der Waals surface area contributed by atoms with E-state index in [4.69, 9.17) is 4.74 Å². The molecule has 0 spiro atoms. The fourth-order valence-electron chi connectivity index (χ4n) is 1.89. The zero-order valence-corrected chi connectivity index (χ0v) is 11.5. The Balaban J connectivity index is 2.77. The Morgan fingerprint density at radius 1 is 1.22 bits per heavy atom. The highest BCUT2D eigenvalue weighted by atomic mass is 16.5. The number of rotatable bonds is 7. The van der Waals surface area contributed by atoms with Crippen molar-refractivity contribution in [3.05, 3.63) is 29.3 Å². The van der Waals surface area contributed by atoms with Gasteiger partial charge in [-0.25, -0.2) is 0 Å². The maximum Gasteiger partial charge on any atom is 0.122 e. The number of aryl methyl sites for hydroxylation is 2. The summed E-state index contributed by atoms with van der Waals surface area (Å²) in [5.41, 5.74) is 2.37. The molecule has 2 unspecified atom stereocenters. The second-order valence-corrected chi connectivity index (χ2v) is 4.58. The summed E-state index contributed by atoms with van der Waals surface area (Å²) >= 11 is 0. The Morgan fingerprint density at radius 3 is 2.50 bits per heavy atom. The first-order chi connectivity index (χ1) is 8.58. The Morgan fingerprint density at radius 2 is 1.94 bits per heavy atom. The first kappa shape index (κ1) is 15.0. The minimum atomic E-state index is -0.685. The van der Waals surface area contributed by atoms with Crippen molar-refractivity contribution < 1.29 is 14.9 Å². The quantitative estimate of drug-likeness (QED) is 0.783. The van der Waals surface area contributed by atoms with E-state index in [1.165, 1.54) is 5.56 Å². The zero-order chi connectivity index (χ0) is 13.5. The van der Waals surface area contributed by atoms with Crippen molar-refractivity contribution >= 4 is 0 Å². The molecule has 0 aromatic heterocycles.